The van der Waals surface area contributed by atoms with Gasteiger partial charge in [0, 0.05) is 24.9 Å². The Balaban J connectivity index is 1.79. The van der Waals surface area contributed by atoms with E-state index in [0.29, 0.717) is 24.5 Å². The molecule has 12 heteroatoms. The van der Waals surface area contributed by atoms with E-state index in [9.17, 15) is 9.59 Å². The highest BCUT2D eigenvalue weighted by atomic mass is 35.5. The number of primary amides is 1. The van der Waals surface area contributed by atoms with Gasteiger partial charge in [0.25, 0.3) is 0 Å². The molecular weight excluding hydrogens is 544 g/mol. The number of amides is 1. The van der Waals surface area contributed by atoms with Crippen LogP contribution in [0.3, 0.4) is 0 Å². The van der Waals surface area contributed by atoms with Gasteiger partial charge in [0.05, 0.1) is 12.8 Å². The van der Waals surface area contributed by atoms with E-state index in [0.717, 1.165) is 40.9 Å². The van der Waals surface area contributed by atoms with Gasteiger partial charge in [-0.15, -0.1) is 10.2 Å². The van der Waals surface area contributed by atoms with Gasteiger partial charge in [-0.3, -0.25) is 9.69 Å². The van der Waals surface area contributed by atoms with Crippen molar-refractivity contribution in [2.75, 3.05) is 21.2 Å². The molecule has 0 bridgehead atoms. The summed E-state index contributed by atoms with van der Waals surface area (Å²) in [5.41, 5.74) is 8.43. The number of nitrogens with zero attached hydrogens (tertiary/aromatic N) is 6. The molecule has 0 aliphatic heterocycles. The Morgan fingerprint density at radius 2 is 1.83 bits per heavy atom. The van der Waals surface area contributed by atoms with Crippen molar-refractivity contribution < 1.29 is 14.3 Å². The number of carbonyl (C=O) groups excluding carboxylic acids is 2. The summed E-state index contributed by atoms with van der Waals surface area (Å²) in [7, 11) is 4.84. The minimum atomic E-state index is -1.37. The number of carbonyl (C=O) groups is 2. The Hall–Kier alpha value is -4.09. The van der Waals surface area contributed by atoms with Crippen molar-refractivity contribution in [3.05, 3.63) is 70.8 Å². The number of nitrogens with one attached hydrogen (secondary N) is 1. The van der Waals surface area contributed by atoms with E-state index >= 15 is 0 Å². The molecule has 2 aromatic heterocycles. The smallest absolute Gasteiger partial charge is 0.332 e. The summed E-state index contributed by atoms with van der Waals surface area (Å²) < 4.78 is 7.26. The van der Waals surface area contributed by atoms with Crippen molar-refractivity contribution >= 4 is 23.5 Å². The third-order valence-corrected chi connectivity index (χ3v) is 7.55. The van der Waals surface area contributed by atoms with Crippen molar-refractivity contribution in [1.82, 2.24) is 35.1 Å². The second-order valence-corrected chi connectivity index (χ2v) is 10.4. The molecule has 4 aromatic rings. The van der Waals surface area contributed by atoms with E-state index in [1.54, 1.807) is 19.0 Å². The number of aromatic nitrogens is 6. The van der Waals surface area contributed by atoms with Gasteiger partial charge in [0.1, 0.15) is 5.82 Å². The standard InChI is InChI=1S/C29H35ClN8O3/c1-5-6-11-24-32-26(30)25(29(37(2)3,28(40)41-4)17-16-23(31)39)38(24)18-19-12-14-20(15-13-19)21-9-7-8-10-22(21)27-33-35-36-34-27/h7-10,12-15H,5-6,11,16-18H2,1-4H3,(H2,31,39)(H,33,34,35,36)/t29-/m0/s1. The Kier molecular flexibility index (Phi) is 9.51. The summed E-state index contributed by atoms with van der Waals surface area (Å²) in [6.07, 6.45) is 2.59. The number of tetrazole rings is 1. The normalized spacial score (nSPS) is 12.8. The molecular formula is C29H35ClN8O3. The lowest BCUT2D eigenvalue weighted by molar-refractivity contribution is -0.155. The van der Waals surface area contributed by atoms with Crippen LogP contribution >= 0.6 is 11.6 Å². The number of likely N-dealkylation sites (N-methyl/N-ethyl adjacent to an activating group) is 1. The van der Waals surface area contributed by atoms with Crippen molar-refractivity contribution in [1.29, 1.82) is 0 Å². The number of aromatic amines is 1. The summed E-state index contributed by atoms with van der Waals surface area (Å²) in [6.45, 7) is 2.51. The molecule has 2 aromatic carbocycles. The topological polar surface area (TPSA) is 145 Å². The van der Waals surface area contributed by atoms with Crippen LogP contribution in [0.1, 0.15) is 49.7 Å². The number of halogens is 1. The fourth-order valence-corrected chi connectivity index (χ4v) is 5.50. The predicted octanol–water partition coefficient (Wildman–Crippen LogP) is 3.97. The summed E-state index contributed by atoms with van der Waals surface area (Å²) in [6, 6.07) is 16.0. The zero-order chi connectivity index (χ0) is 29.6. The van der Waals surface area contributed by atoms with E-state index in [1.807, 2.05) is 53.1 Å². The minimum Gasteiger partial charge on any atom is -0.467 e. The Labute approximate surface area is 244 Å². The molecule has 1 amide bonds. The number of nitrogens with two attached hydrogens (primary N) is 1. The highest BCUT2D eigenvalue weighted by Crippen LogP contribution is 2.39. The maximum Gasteiger partial charge on any atom is 0.332 e. The zero-order valence-electron chi connectivity index (χ0n) is 23.7. The van der Waals surface area contributed by atoms with Crippen LogP contribution in [0.4, 0.5) is 0 Å². The molecule has 0 aliphatic rings. The quantitative estimate of drug-likeness (QED) is 0.227. The van der Waals surface area contributed by atoms with Crippen molar-refractivity contribution in [3.8, 4) is 22.5 Å². The van der Waals surface area contributed by atoms with Crippen LogP contribution in [0.2, 0.25) is 5.15 Å². The predicted molar refractivity (Wildman–Crippen MR) is 156 cm³/mol. The van der Waals surface area contributed by atoms with Crippen LogP contribution in [0.25, 0.3) is 22.5 Å². The first-order valence-corrected chi connectivity index (χ1v) is 13.8. The van der Waals surface area contributed by atoms with E-state index in [4.69, 9.17) is 27.1 Å². The molecule has 1 atom stereocenters. The van der Waals surface area contributed by atoms with Crippen LogP contribution < -0.4 is 5.73 Å². The molecule has 0 fully saturated rings. The highest BCUT2D eigenvalue weighted by Gasteiger charge is 2.48. The number of rotatable bonds is 13. The molecule has 3 N–H and O–H groups in total. The lowest BCUT2D eigenvalue weighted by Gasteiger charge is -2.38. The number of hydrogen-bond donors (Lipinski definition) is 2. The highest BCUT2D eigenvalue weighted by molar-refractivity contribution is 6.30. The molecule has 2 heterocycles. The Morgan fingerprint density at radius 1 is 1.12 bits per heavy atom. The number of imidazole rings is 1. The van der Waals surface area contributed by atoms with Crippen LogP contribution in [-0.2, 0) is 32.8 Å². The monoisotopic (exact) mass is 578 g/mol. The fourth-order valence-electron chi connectivity index (χ4n) is 5.14. The van der Waals surface area contributed by atoms with Gasteiger partial charge >= 0.3 is 5.97 Å². The molecule has 0 saturated heterocycles. The second kappa shape index (κ2) is 13.0. The maximum absolute atomic E-state index is 13.5. The summed E-state index contributed by atoms with van der Waals surface area (Å²) >= 11 is 6.81. The van der Waals surface area contributed by atoms with Gasteiger partial charge in [0.2, 0.25) is 11.7 Å². The summed E-state index contributed by atoms with van der Waals surface area (Å²) in [4.78, 5) is 31.7. The number of H-pyrrole nitrogens is 1. The number of methoxy groups -OCH3 is 1. The molecule has 41 heavy (non-hydrogen) atoms. The second-order valence-electron chi connectivity index (χ2n) is 10.0. The van der Waals surface area contributed by atoms with Gasteiger partial charge < -0.3 is 15.0 Å². The number of hydrogen-bond acceptors (Lipinski definition) is 8. The molecule has 0 unspecified atom stereocenters. The Bertz CT molecular complexity index is 1480. The first-order valence-electron chi connectivity index (χ1n) is 13.4. The van der Waals surface area contributed by atoms with E-state index in [2.05, 4.69) is 27.5 Å². The number of unbranched alkanes of at least 4 members (excludes halogenated alkanes) is 1. The van der Waals surface area contributed by atoms with Gasteiger partial charge in [-0.2, -0.15) is 5.21 Å². The van der Waals surface area contributed by atoms with Gasteiger partial charge in [0.15, 0.2) is 10.7 Å². The lowest BCUT2D eigenvalue weighted by Crippen LogP contribution is -2.51. The molecule has 11 nitrogen and oxygen atoms in total. The van der Waals surface area contributed by atoms with Crippen molar-refractivity contribution in [2.45, 2.75) is 51.1 Å². The van der Waals surface area contributed by atoms with Gasteiger partial charge in [-0.1, -0.05) is 73.5 Å². The average Bonchev–Trinajstić information content (AvgIpc) is 3.61. The zero-order valence-corrected chi connectivity index (χ0v) is 24.5. The number of esters is 1. The van der Waals surface area contributed by atoms with Gasteiger partial charge in [-0.25, -0.2) is 9.78 Å². The van der Waals surface area contributed by atoms with E-state index in [1.165, 1.54) is 7.11 Å². The van der Waals surface area contributed by atoms with E-state index < -0.39 is 17.4 Å². The Morgan fingerprint density at radius 3 is 2.41 bits per heavy atom. The number of ether oxygens (including phenoxy) is 1. The van der Waals surface area contributed by atoms with Gasteiger partial charge in [-0.05, 0) is 48.8 Å². The third kappa shape index (κ3) is 6.15. The van der Waals surface area contributed by atoms with Crippen LogP contribution in [0.15, 0.2) is 48.5 Å². The maximum atomic E-state index is 13.5. The number of aryl methyl sites for hydroxylation is 1. The lowest BCUT2D eigenvalue weighted by atomic mass is 9.87. The van der Waals surface area contributed by atoms with Crippen molar-refractivity contribution in [2.24, 2.45) is 5.73 Å². The molecule has 4 rings (SSSR count). The van der Waals surface area contributed by atoms with Crippen LogP contribution in [-0.4, -0.2) is 68.2 Å². The van der Waals surface area contributed by atoms with Crippen LogP contribution in [0, 0.1) is 0 Å². The van der Waals surface area contributed by atoms with Crippen LogP contribution in [0.5, 0.6) is 0 Å². The largest absolute Gasteiger partial charge is 0.467 e. The first kappa shape index (κ1) is 29.9. The summed E-state index contributed by atoms with van der Waals surface area (Å²) in [5, 5.41) is 14.7. The SMILES string of the molecule is CCCCc1nc(Cl)c([C@@](CCC(N)=O)(C(=O)OC)N(C)C)n1Cc1ccc(-c2ccccc2-c2nn[nH]n2)cc1. The number of benzene rings is 2. The summed E-state index contributed by atoms with van der Waals surface area (Å²) in [5.74, 6) is 0.210. The molecule has 0 aliphatic carbocycles. The molecule has 0 saturated carbocycles. The molecule has 216 valence electrons. The van der Waals surface area contributed by atoms with E-state index in [-0.39, 0.29) is 18.0 Å². The first-order chi connectivity index (χ1) is 19.7. The third-order valence-electron chi connectivity index (χ3n) is 7.29. The fraction of sp³-hybridized carbons (Fsp3) is 0.379. The molecule has 0 spiro atoms. The minimum absolute atomic E-state index is 0.0342. The average molecular weight is 579 g/mol. The van der Waals surface area contributed by atoms with Crippen molar-refractivity contribution in [3.63, 3.8) is 0 Å². The molecule has 0 radical (unpaired) electrons.